The zero-order valence-electron chi connectivity index (χ0n) is 25.9. The Hall–Kier alpha value is -3.40. The van der Waals surface area contributed by atoms with E-state index in [1.807, 2.05) is 6.92 Å². The van der Waals surface area contributed by atoms with Crippen molar-refractivity contribution in [3.8, 4) is 34.5 Å². The van der Waals surface area contributed by atoms with E-state index < -0.39 is 57.6 Å². The number of rotatable bonds is 6. The number of phenolic OH excluding ortho intramolecular Hbond substituents is 6. The highest BCUT2D eigenvalue weighted by Gasteiger charge is 2.37. The van der Waals surface area contributed by atoms with Crippen molar-refractivity contribution in [3.63, 3.8) is 0 Å². The molecular formula is C36H24Br4O10. The van der Waals surface area contributed by atoms with Crippen LogP contribution in [-0.4, -0.2) is 53.1 Å². The first kappa shape index (κ1) is 33.7. The monoisotopic (exact) mass is 932 g/mol. The van der Waals surface area contributed by atoms with E-state index in [2.05, 4.69) is 63.7 Å². The molecule has 0 spiro atoms. The van der Waals surface area contributed by atoms with Crippen LogP contribution in [0.25, 0.3) is 75.4 Å². The maximum absolute atomic E-state index is 14.7. The highest BCUT2D eigenvalue weighted by molar-refractivity contribution is 9.11. The maximum Gasteiger partial charge on any atom is 0.201 e. The molecule has 0 aliphatic heterocycles. The molecule has 8 aromatic rings. The summed E-state index contributed by atoms with van der Waals surface area (Å²) >= 11 is 13.3. The number of hydrogen-bond donors (Lipinski definition) is 8. The van der Waals surface area contributed by atoms with E-state index in [4.69, 9.17) is 0 Å². The largest absolute Gasteiger partial charge is 0.506 e. The van der Waals surface area contributed by atoms with Gasteiger partial charge in [-0.25, -0.2) is 0 Å². The number of hydrogen-bond acceptors (Lipinski definition) is 10. The van der Waals surface area contributed by atoms with Gasteiger partial charge in [-0.3, -0.25) is 9.59 Å². The molecule has 0 fully saturated rings. The third kappa shape index (κ3) is 3.89. The van der Waals surface area contributed by atoms with E-state index in [9.17, 15) is 50.4 Å². The maximum atomic E-state index is 14.7. The van der Waals surface area contributed by atoms with Crippen molar-refractivity contribution in [1.29, 1.82) is 0 Å². The third-order valence-electron chi connectivity index (χ3n) is 10.0. The summed E-state index contributed by atoms with van der Waals surface area (Å²) in [6, 6.07) is 0. The summed E-state index contributed by atoms with van der Waals surface area (Å²) in [5.41, 5.74) is -0.911. The molecule has 0 saturated heterocycles. The van der Waals surface area contributed by atoms with Gasteiger partial charge in [-0.2, -0.15) is 0 Å². The number of halogens is 4. The quantitative estimate of drug-likeness (QED) is 0.0596. The summed E-state index contributed by atoms with van der Waals surface area (Å²) in [5, 5.41) is 91.9. The molecule has 0 unspecified atom stereocenters. The fourth-order valence-corrected chi connectivity index (χ4v) is 10.1. The van der Waals surface area contributed by atoms with Crippen LogP contribution in [0.4, 0.5) is 0 Å². The van der Waals surface area contributed by atoms with Gasteiger partial charge in [0.05, 0.1) is 42.7 Å². The summed E-state index contributed by atoms with van der Waals surface area (Å²) < 4.78 is -0.426. The van der Waals surface area contributed by atoms with Gasteiger partial charge in [-0.05, 0) is 105 Å². The molecule has 8 N–H and O–H groups in total. The lowest BCUT2D eigenvalue weighted by Crippen LogP contribution is -2.15. The van der Waals surface area contributed by atoms with Crippen LogP contribution in [0.15, 0.2) is 27.5 Å². The van der Waals surface area contributed by atoms with Crippen molar-refractivity contribution in [2.45, 2.75) is 51.7 Å². The van der Waals surface area contributed by atoms with E-state index in [-0.39, 0.29) is 95.4 Å². The van der Waals surface area contributed by atoms with E-state index >= 15 is 0 Å². The molecule has 0 saturated carbocycles. The van der Waals surface area contributed by atoms with Gasteiger partial charge < -0.3 is 40.9 Å². The van der Waals surface area contributed by atoms with Crippen LogP contribution < -0.4 is 10.9 Å². The van der Waals surface area contributed by atoms with Crippen LogP contribution in [0.5, 0.6) is 34.5 Å². The molecule has 0 heterocycles. The normalized spacial score (nSPS) is 14.0. The second-order valence-electron chi connectivity index (χ2n) is 12.9. The fraction of sp³-hybridized carbons (Fsp3) is 0.222. The Kier molecular flexibility index (Phi) is 7.45. The lowest BCUT2D eigenvalue weighted by Gasteiger charge is -2.28. The van der Waals surface area contributed by atoms with Gasteiger partial charge in [-0.15, -0.1) is 0 Å². The molecule has 0 amide bonds. The molecule has 0 aliphatic rings. The Morgan fingerprint density at radius 3 is 1.12 bits per heavy atom. The van der Waals surface area contributed by atoms with E-state index in [1.165, 1.54) is 0 Å². The summed E-state index contributed by atoms with van der Waals surface area (Å²) in [4.78, 5) is 29.4. The van der Waals surface area contributed by atoms with Crippen LogP contribution in [-0.2, 0) is 12.8 Å². The Bertz CT molecular complexity index is 2930. The zero-order valence-corrected chi connectivity index (χ0v) is 32.2. The van der Waals surface area contributed by atoms with Crippen LogP contribution in [0, 0.1) is 0 Å². The third-order valence-corrected chi connectivity index (χ3v) is 13.2. The van der Waals surface area contributed by atoms with Crippen molar-refractivity contribution in [3.05, 3.63) is 49.5 Å². The number of benzene rings is 8. The highest BCUT2D eigenvalue weighted by atomic mass is 79.9. The first-order valence-electron chi connectivity index (χ1n) is 15.5. The minimum absolute atomic E-state index is 0.00416. The average molecular weight is 936 g/mol. The minimum atomic E-state index is -0.973. The second kappa shape index (κ2) is 11.1. The molecule has 0 bridgehead atoms. The van der Waals surface area contributed by atoms with Crippen molar-refractivity contribution in [2.75, 3.05) is 0 Å². The Balaban J connectivity index is 1.93. The molecule has 14 heteroatoms. The predicted octanol–water partition coefficient (Wildman–Crippen LogP) is 8.14. The average Bonchev–Trinajstić information content (AvgIpc) is 3.06. The van der Waals surface area contributed by atoms with Crippen LogP contribution >= 0.6 is 63.7 Å². The minimum Gasteiger partial charge on any atom is -0.506 e. The molecule has 0 radical (unpaired) electrons. The van der Waals surface area contributed by atoms with Crippen molar-refractivity contribution < 1.29 is 40.9 Å². The molecule has 0 aromatic heterocycles. The molecule has 8 rings (SSSR count). The molecule has 0 aliphatic carbocycles. The Morgan fingerprint density at radius 1 is 0.460 bits per heavy atom. The lowest BCUT2D eigenvalue weighted by atomic mass is 9.77. The number of aromatic hydroxyl groups is 6. The standard InChI is InChI=1S/C36H24Br4O10/c1-3-4-8(42)6-10-12-11-9(5-7(2)41)25(37)33(47)21-13(11)15-16-14(12)22(34(48)26(10)38)30(44)24-18(16)20(32(46)28(40)36(24)50)19-17(15)23(29(21)43)35(49)27(39)31(19)45/h7-8,41-42,45-50H,3-6H2,1-2H3/t7-,8-/m1/s1. The zero-order chi connectivity index (χ0) is 36.1. The van der Waals surface area contributed by atoms with Gasteiger partial charge in [0.1, 0.15) is 43.4 Å². The number of fused-ring (bicyclic) bond motifs is 2. The first-order chi connectivity index (χ1) is 23.6. The van der Waals surface area contributed by atoms with Gasteiger partial charge in [0, 0.05) is 49.5 Å². The van der Waals surface area contributed by atoms with E-state index in [0.717, 1.165) is 0 Å². The lowest BCUT2D eigenvalue weighted by molar-refractivity contribution is 0.164. The summed E-state index contributed by atoms with van der Waals surface area (Å²) in [7, 11) is 0. The highest BCUT2D eigenvalue weighted by Crippen LogP contribution is 2.61. The fourth-order valence-electron chi connectivity index (χ4n) is 8.17. The molecule has 2 atom stereocenters. The molecule has 10 nitrogen and oxygen atoms in total. The Morgan fingerprint density at radius 2 is 0.760 bits per heavy atom. The van der Waals surface area contributed by atoms with E-state index in [0.29, 0.717) is 34.7 Å². The molecule has 50 heavy (non-hydrogen) atoms. The van der Waals surface area contributed by atoms with Crippen molar-refractivity contribution in [1.82, 2.24) is 0 Å². The number of aliphatic hydroxyl groups excluding tert-OH is 2. The van der Waals surface area contributed by atoms with Crippen molar-refractivity contribution >= 4 is 139 Å². The molecule has 8 aromatic carbocycles. The van der Waals surface area contributed by atoms with Gasteiger partial charge in [0.15, 0.2) is 0 Å². The van der Waals surface area contributed by atoms with Gasteiger partial charge in [-0.1, -0.05) is 13.3 Å². The van der Waals surface area contributed by atoms with Crippen LogP contribution in [0.1, 0.15) is 37.8 Å². The van der Waals surface area contributed by atoms with Crippen LogP contribution in [0.2, 0.25) is 0 Å². The smallest absolute Gasteiger partial charge is 0.201 e. The topological polar surface area (TPSA) is 196 Å². The number of aliphatic hydroxyl groups is 2. The van der Waals surface area contributed by atoms with E-state index in [1.54, 1.807) is 6.92 Å². The van der Waals surface area contributed by atoms with Crippen LogP contribution in [0.3, 0.4) is 0 Å². The Labute approximate surface area is 313 Å². The second-order valence-corrected chi connectivity index (χ2v) is 16.1. The summed E-state index contributed by atoms with van der Waals surface area (Å²) in [5.74, 6) is -3.39. The first-order valence-corrected chi connectivity index (χ1v) is 18.7. The van der Waals surface area contributed by atoms with Crippen molar-refractivity contribution in [2.24, 2.45) is 0 Å². The van der Waals surface area contributed by atoms with Gasteiger partial charge >= 0.3 is 0 Å². The summed E-state index contributed by atoms with van der Waals surface area (Å²) in [6.07, 6.45) is -0.941. The SMILES string of the molecule is CCC[C@@H](O)Cc1c(Br)c(O)c2c(=O)c3c(O)c(Br)c(O)c4c5c(O)c(Br)c(O)c6c(=O)c7c(O)c(Br)c(C[C@@H](C)O)c8c1c2c(c34)c(c65)c78. The van der Waals surface area contributed by atoms with Gasteiger partial charge in [0.25, 0.3) is 0 Å². The predicted molar refractivity (Wildman–Crippen MR) is 207 cm³/mol. The molecular weight excluding hydrogens is 912 g/mol. The molecule has 256 valence electrons. The van der Waals surface area contributed by atoms with Gasteiger partial charge in [0.2, 0.25) is 10.9 Å². The summed E-state index contributed by atoms with van der Waals surface area (Å²) in [6.45, 7) is 3.44. The number of phenols is 6.